The van der Waals surface area contributed by atoms with Gasteiger partial charge in [-0.25, -0.2) is 0 Å². The van der Waals surface area contributed by atoms with Gasteiger partial charge >= 0.3 is 66.7 Å². The maximum absolute atomic E-state index is 11.1. The minimum absolute atomic E-state index is 0. The molecular formula is C13H21NNa2O7P2. The van der Waals surface area contributed by atoms with Crippen LogP contribution in [0.5, 0.6) is 0 Å². The van der Waals surface area contributed by atoms with Gasteiger partial charge in [0.25, 0.3) is 0 Å². The monoisotopic (exact) mass is 411 g/mol. The summed E-state index contributed by atoms with van der Waals surface area (Å²) in [5.41, 5.74) is 1.20. The van der Waals surface area contributed by atoms with Crippen molar-refractivity contribution in [3.63, 3.8) is 0 Å². The molecule has 12 heteroatoms. The number of hydrogen-bond donors (Lipinski definition) is 4. The predicted octanol–water partition coefficient (Wildman–Crippen LogP) is -6.27. The average molecular weight is 411 g/mol. The number of benzene rings is 1. The zero-order chi connectivity index (χ0) is 17.6. The van der Waals surface area contributed by atoms with Crippen LogP contribution in [0.2, 0.25) is 0 Å². The van der Waals surface area contributed by atoms with Gasteiger partial charge < -0.3 is 34.6 Å². The number of hydrogen-bond acceptors (Lipinski definition) is 6. The second-order valence-electron chi connectivity index (χ2n) is 5.26. The minimum atomic E-state index is -5.86. The quantitative estimate of drug-likeness (QED) is 0.169. The second kappa shape index (κ2) is 12.8. The van der Waals surface area contributed by atoms with Crippen molar-refractivity contribution in [1.29, 1.82) is 0 Å². The Hall–Kier alpha value is 1.44. The Bertz CT molecular complexity index is 557. The van der Waals surface area contributed by atoms with Crippen LogP contribution in [0, 0.1) is 0 Å². The topological polar surface area (TPSA) is 153 Å². The first-order valence-electron chi connectivity index (χ1n) is 7.13. The number of rotatable bonds is 10. The Labute approximate surface area is 191 Å². The summed E-state index contributed by atoms with van der Waals surface area (Å²) in [6, 6.07) is 9.83. The third kappa shape index (κ3) is 9.46. The van der Waals surface area contributed by atoms with Crippen LogP contribution in [0.25, 0.3) is 0 Å². The molecule has 0 spiro atoms. The van der Waals surface area contributed by atoms with Crippen LogP contribution in [0.4, 0.5) is 0 Å². The molecule has 1 aromatic rings. The first kappa shape index (κ1) is 28.6. The molecule has 1 rings (SSSR count). The van der Waals surface area contributed by atoms with Gasteiger partial charge in [-0.2, -0.15) is 0 Å². The molecule has 25 heavy (non-hydrogen) atoms. The largest absolute Gasteiger partial charge is 1.00 e. The van der Waals surface area contributed by atoms with Gasteiger partial charge in [-0.15, -0.1) is 0 Å². The number of unbranched alkanes of at least 4 members (excludes halogenated alkanes) is 1. The normalized spacial score (nSPS) is 14.1. The molecule has 132 valence electrons. The Kier molecular flexibility index (Phi) is 14.7. The van der Waals surface area contributed by atoms with Crippen molar-refractivity contribution in [3.05, 3.63) is 35.9 Å². The van der Waals surface area contributed by atoms with Crippen LogP contribution >= 0.6 is 15.2 Å². The molecule has 0 saturated heterocycles. The maximum Gasteiger partial charge on any atom is 1.00 e. The molecule has 0 bridgehead atoms. The molecule has 0 aliphatic heterocycles. The Morgan fingerprint density at radius 1 is 1.00 bits per heavy atom. The maximum atomic E-state index is 11.1. The van der Waals surface area contributed by atoms with Crippen molar-refractivity contribution < 1.29 is 92.9 Å². The molecular weight excluding hydrogens is 390 g/mol. The number of aryl methyl sites for hydroxylation is 1. The van der Waals surface area contributed by atoms with Crippen LogP contribution < -0.4 is 74.2 Å². The summed E-state index contributed by atoms with van der Waals surface area (Å²) >= 11 is 0. The van der Waals surface area contributed by atoms with Gasteiger partial charge in [0.2, 0.25) is 0 Å². The van der Waals surface area contributed by atoms with Crippen molar-refractivity contribution in [2.24, 2.45) is 0 Å². The zero-order valence-electron chi connectivity index (χ0n) is 14.5. The summed E-state index contributed by atoms with van der Waals surface area (Å²) in [6.07, 6.45) is 1.66. The molecule has 4 N–H and O–H groups in total. The van der Waals surface area contributed by atoms with Crippen molar-refractivity contribution >= 4 is 15.2 Å². The summed E-state index contributed by atoms with van der Waals surface area (Å²) in [5, 5.41) is 8.76. The van der Waals surface area contributed by atoms with Crippen molar-refractivity contribution in [3.8, 4) is 0 Å². The fraction of sp³-hybridized carbons (Fsp3) is 0.538. The summed E-state index contributed by atoms with van der Waals surface area (Å²) < 4.78 is 22.0. The van der Waals surface area contributed by atoms with E-state index in [1.165, 1.54) is 5.56 Å². The first-order chi connectivity index (χ1) is 10.6. The van der Waals surface area contributed by atoms with E-state index in [0.29, 0.717) is 6.54 Å². The number of aliphatic hydroxyl groups is 1. The van der Waals surface area contributed by atoms with Gasteiger partial charge in [0, 0.05) is 6.42 Å². The Morgan fingerprint density at radius 3 is 2.04 bits per heavy atom. The minimum Gasteiger partial charge on any atom is -0.808 e. The van der Waals surface area contributed by atoms with Crippen molar-refractivity contribution in [2.45, 2.75) is 30.8 Å². The molecule has 0 amide bonds. The van der Waals surface area contributed by atoms with Crippen molar-refractivity contribution in [1.82, 2.24) is 5.32 Å². The van der Waals surface area contributed by atoms with Gasteiger partial charge in [-0.3, -0.25) is 4.57 Å². The zero-order valence-corrected chi connectivity index (χ0v) is 20.3. The van der Waals surface area contributed by atoms with Crippen LogP contribution in [-0.2, 0) is 15.6 Å². The van der Waals surface area contributed by atoms with E-state index in [0.717, 1.165) is 19.3 Å². The molecule has 0 fully saturated rings. The molecule has 0 heterocycles. The summed E-state index contributed by atoms with van der Waals surface area (Å²) in [4.78, 5) is 39.7. The average Bonchev–Trinajstić information content (AvgIpc) is 2.44. The third-order valence-corrected chi connectivity index (χ3v) is 7.23. The van der Waals surface area contributed by atoms with E-state index in [9.17, 15) is 24.0 Å². The van der Waals surface area contributed by atoms with Gasteiger partial charge in [0.05, 0.1) is 0 Å². The molecule has 1 atom stereocenters. The second-order valence-corrected chi connectivity index (χ2v) is 9.17. The fourth-order valence-corrected chi connectivity index (χ4v) is 4.11. The molecule has 8 nitrogen and oxygen atoms in total. The van der Waals surface area contributed by atoms with Gasteiger partial charge in [-0.1, -0.05) is 30.3 Å². The molecule has 0 saturated carbocycles. The van der Waals surface area contributed by atoms with E-state index in [-0.39, 0.29) is 65.7 Å². The first-order valence-corrected chi connectivity index (χ1v) is 10.3. The van der Waals surface area contributed by atoms with Crippen molar-refractivity contribution in [2.75, 3.05) is 13.1 Å². The molecule has 0 aromatic heterocycles. The fourth-order valence-electron chi connectivity index (χ4n) is 2.05. The van der Waals surface area contributed by atoms with E-state index >= 15 is 0 Å². The van der Waals surface area contributed by atoms with Crippen LogP contribution in [0.1, 0.15) is 24.8 Å². The van der Waals surface area contributed by atoms with Gasteiger partial charge in [-0.05, 0) is 45.5 Å². The van der Waals surface area contributed by atoms with Crippen LogP contribution in [0.15, 0.2) is 30.3 Å². The molecule has 0 aliphatic carbocycles. The SMILES string of the molecule is O=P([O-])([O-])C(O)(CCNCCCCc1ccccc1)P(=O)(O)O.[Na+].[Na+]. The predicted molar refractivity (Wildman–Crippen MR) is 81.5 cm³/mol. The van der Waals surface area contributed by atoms with Gasteiger partial charge in [0.1, 0.15) is 0 Å². The van der Waals surface area contributed by atoms with E-state index in [1.54, 1.807) is 0 Å². The van der Waals surface area contributed by atoms with E-state index in [4.69, 9.17) is 9.79 Å². The standard InChI is InChI=1S/C13H23NO7P2.2Na/c15-13(22(16,17)18,23(19,20)21)9-11-14-10-5-4-8-12-6-2-1-3-7-12;;/h1-3,6-7,14-15H,4-5,8-11H2,(H2,16,17,18)(H2,19,20,21);;/q;2*+1/p-2. The van der Waals surface area contributed by atoms with E-state index in [2.05, 4.69) is 5.32 Å². The third-order valence-electron chi connectivity index (χ3n) is 3.45. The molecule has 1 aromatic carbocycles. The van der Waals surface area contributed by atoms with Crippen LogP contribution in [-0.4, -0.2) is 33.1 Å². The Morgan fingerprint density at radius 2 is 1.56 bits per heavy atom. The number of nitrogens with one attached hydrogen (secondary N) is 1. The summed E-state index contributed by atoms with van der Waals surface area (Å²) in [5.74, 6) is 0. The summed E-state index contributed by atoms with van der Waals surface area (Å²) in [7, 11) is -11.3. The smallest absolute Gasteiger partial charge is 0.808 e. The van der Waals surface area contributed by atoms with E-state index in [1.807, 2.05) is 30.3 Å². The Balaban J connectivity index is 0. The summed E-state index contributed by atoms with van der Waals surface area (Å²) in [6.45, 7) is 0.285. The molecule has 1 unspecified atom stereocenters. The van der Waals surface area contributed by atoms with Gasteiger partial charge in [0.15, 0.2) is 5.08 Å². The van der Waals surface area contributed by atoms with Crippen LogP contribution in [0.3, 0.4) is 0 Å². The molecule has 0 aliphatic rings. The molecule has 0 radical (unpaired) electrons. The van der Waals surface area contributed by atoms with E-state index < -0.39 is 26.7 Å².